The van der Waals surface area contributed by atoms with Crippen molar-refractivity contribution in [1.82, 2.24) is 14.7 Å². The van der Waals surface area contributed by atoms with Crippen LogP contribution in [0.25, 0.3) is 0 Å². The van der Waals surface area contributed by atoms with E-state index in [9.17, 15) is 4.79 Å². The molecule has 6 heteroatoms. The van der Waals surface area contributed by atoms with E-state index >= 15 is 0 Å². The predicted octanol–water partition coefficient (Wildman–Crippen LogP) is 2.32. The first-order valence-electron chi connectivity index (χ1n) is 7.68. The number of carbonyl (C=O) groups excluding carboxylic acids is 1. The number of ether oxygens (including phenoxy) is 1. The van der Waals surface area contributed by atoms with Gasteiger partial charge in [0.25, 0.3) is 0 Å². The van der Waals surface area contributed by atoms with Gasteiger partial charge in [-0.25, -0.2) is 0 Å². The van der Waals surface area contributed by atoms with Gasteiger partial charge in [-0.3, -0.25) is 9.48 Å². The highest BCUT2D eigenvalue weighted by Crippen LogP contribution is 2.29. The number of carbonyl (C=O) groups is 1. The summed E-state index contributed by atoms with van der Waals surface area (Å²) in [4.78, 5) is 14.7. The lowest BCUT2D eigenvalue weighted by atomic mass is 9.90. The van der Waals surface area contributed by atoms with E-state index in [1.807, 2.05) is 18.7 Å². The number of hydrogen-bond acceptors (Lipinski definition) is 3. The molecule has 0 spiro atoms. The van der Waals surface area contributed by atoms with Crippen molar-refractivity contribution in [2.75, 3.05) is 13.2 Å². The Labute approximate surface area is 130 Å². The van der Waals surface area contributed by atoms with Gasteiger partial charge < -0.3 is 9.64 Å². The molecule has 1 aliphatic heterocycles. The molecule has 0 aromatic carbocycles. The van der Waals surface area contributed by atoms with Crippen LogP contribution in [0.4, 0.5) is 0 Å². The van der Waals surface area contributed by atoms with Crippen LogP contribution < -0.4 is 0 Å². The first-order valence-corrected chi connectivity index (χ1v) is 8.06. The molecule has 1 aromatic heterocycles. The SMILES string of the molecule is Cc1nn(CC(=O)N2CCO[C@@H]3CCCC[C@@H]32)c(C)c1Cl. The Morgan fingerprint density at radius 2 is 2.14 bits per heavy atom. The molecule has 2 fully saturated rings. The molecule has 0 bridgehead atoms. The van der Waals surface area contributed by atoms with E-state index in [0.717, 1.165) is 24.2 Å². The van der Waals surface area contributed by atoms with E-state index in [2.05, 4.69) is 5.10 Å². The topological polar surface area (TPSA) is 47.4 Å². The second-order valence-corrected chi connectivity index (χ2v) is 6.37. The molecule has 0 radical (unpaired) electrons. The Bertz CT molecular complexity index is 541. The molecular formula is C15H22ClN3O2. The van der Waals surface area contributed by atoms with Gasteiger partial charge in [0.15, 0.2) is 0 Å². The summed E-state index contributed by atoms with van der Waals surface area (Å²) in [6, 6.07) is 0.243. The summed E-state index contributed by atoms with van der Waals surface area (Å²) in [7, 11) is 0. The lowest BCUT2D eigenvalue weighted by Crippen LogP contribution is -2.55. The zero-order valence-corrected chi connectivity index (χ0v) is 13.4. The zero-order valence-electron chi connectivity index (χ0n) is 12.6. The Hall–Kier alpha value is -1.07. The summed E-state index contributed by atoms with van der Waals surface area (Å²) in [5.41, 5.74) is 1.63. The zero-order chi connectivity index (χ0) is 15.0. The molecule has 1 aliphatic carbocycles. The smallest absolute Gasteiger partial charge is 0.244 e. The van der Waals surface area contributed by atoms with E-state index in [-0.39, 0.29) is 24.6 Å². The first-order chi connectivity index (χ1) is 10.1. The second kappa shape index (κ2) is 5.97. The Morgan fingerprint density at radius 1 is 1.38 bits per heavy atom. The number of amides is 1. The summed E-state index contributed by atoms with van der Waals surface area (Å²) >= 11 is 6.15. The number of nitrogens with zero attached hydrogens (tertiary/aromatic N) is 3. The summed E-state index contributed by atoms with van der Waals surface area (Å²) in [5, 5.41) is 5.01. The highest BCUT2D eigenvalue weighted by molar-refractivity contribution is 6.31. The maximum absolute atomic E-state index is 12.7. The molecular weight excluding hydrogens is 290 g/mol. The maximum atomic E-state index is 12.7. The Balaban J connectivity index is 1.73. The number of halogens is 1. The van der Waals surface area contributed by atoms with Gasteiger partial charge in [0.2, 0.25) is 5.91 Å². The molecule has 0 N–H and O–H groups in total. The van der Waals surface area contributed by atoms with Crippen molar-refractivity contribution in [3.8, 4) is 0 Å². The lowest BCUT2D eigenvalue weighted by molar-refractivity contribution is -0.150. The summed E-state index contributed by atoms with van der Waals surface area (Å²) in [6.07, 6.45) is 4.73. The van der Waals surface area contributed by atoms with Crippen LogP contribution in [0.15, 0.2) is 0 Å². The predicted molar refractivity (Wildman–Crippen MR) is 80.4 cm³/mol. The van der Waals surface area contributed by atoms with Gasteiger partial charge in [-0.1, -0.05) is 24.4 Å². The fourth-order valence-electron chi connectivity index (χ4n) is 3.45. The number of hydrogen-bond donors (Lipinski definition) is 0. The third kappa shape index (κ3) is 2.81. The molecule has 0 unspecified atom stereocenters. The molecule has 21 heavy (non-hydrogen) atoms. The summed E-state index contributed by atoms with van der Waals surface area (Å²) in [5.74, 6) is 0.123. The van der Waals surface area contributed by atoms with Crippen molar-refractivity contribution in [3.05, 3.63) is 16.4 Å². The number of rotatable bonds is 2. The van der Waals surface area contributed by atoms with Crippen LogP contribution in [0, 0.1) is 13.8 Å². The molecule has 1 saturated carbocycles. The van der Waals surface area contributed by atoms with Crippen molar-refractivity contribution in [2.45, 2.75) is 58.2 Å². The maximum Gasteiger partial charge on any atom is 0.244 e. The molecule has 5 nitrogen and oxygen atoms in total. The van der Waals surface area contributed by atoms with Crippen LogP contribution in [-0.4, -0.2) is 45.9 Å². The average Bonchev–Trinajstić information content (AvgIpc) is 2.74. The third-order valence-corrected chi connectivity index (χ3v) is 5.18. The van der Waals surface area contributed by atoms with Crippen LogP contribution in [0.2, 0.25) is 5.02 Å². The largest absolute Gasteiger partial charge is 0.374 e. The molecule has 1 amide bonds. The van der Waals surface area contributed by atoms with Gasteiger partial charge >= 0.3 is 0 Å². The number of fused-ring (bicyclic) bond motifs is 1. The number of aromatic nitrogens is 2. The Morgan fingerprint density at radius 3 is 2.86 bits per heavy atom. The Kier molecular flexibility index (Phi) is 4.22. The quantitative estimate of drug-likeness (QED) is 0.842. The number of aryl methyl sites for hydroxylation is 1. The van der Waals surface area contributed by atoms with Gasteiger partial charge in [-0.05, 0) is 26.7 Å². The lowest BCUT2D eigenvalue weighted by Gasteiger charge is -2.43. The van der Waals surface area contributed by atoms with Crippen LogP contribution >= 0.6 is 11.6 Å². The van der Waals surface area contributed by atoms with Gasteiger partial charge in [-0.15, -0.1) is 0 Å². The van der Waals surface area contributed by atoms with Crippen molar-refractivity contribution < 1.29 is 9.53 Å². The van der Waals surface area contributed by atoms with E-state index in [4.69, 9.17) is 16.3 Å². The van der Waals surface area contributed by atoms with Gasteiger partial charge in [-0.2, -0.15) is 5.10 Å². The minimum absolute atomic E-state index is 0.123. The van der Waals surface area contributed by atoms with Crippen LogP contribution in [-0.2, 0) is 16.1 Å². The van der Waals surface area contributed by atoms with Crippen molar-refractivity contribution in [3.63, 3.8) is 0 Å². The molecule has 1 saturated heterocycles. The van der Waals surface area contributed by atoms with Crippen molar-refractivity contribution >= 4 is 17.5 Å². The third-order valence-electron chi connectivity index (χ3n) is 4.63. The summed E-state index contributed by atoms with van der Waals surface area (Å²) in [6.45, 7) is 5.36. The van der Waals surface area contributed by atoms with Gasteiger partial charge in [0.1, 0.15) is 6.54 Å². The van der Waals surface area contributed by atoms with Crippen LogP contribution in [0.5, 0.6) is 0 Å². The second-order valence-electron chi connectivity index (χ2n) is 5.99. The molecule has 2 aliphatic rings. The molecule has 3 rings (SSSR count). The standard InChI is InChI=1S/C15H22ClN3O2/c1-10-15(16)11(2)19(17-10)9-14(20)18-7-8-21-13-6-4-3-5-12(13)18/h12-13H,3-9H2,1-2H3/t12-,13+/m0/s1. The van der Waals surface area contributed by atoms with E-state index in [1.165, 1.54) is 12.8 Å². The normalized spacial score (nSPS) is 25.8. The molecule has 2 heterocycles. The number of morpholine rings is 1. The van der Waals surface area contributed by atoms with Crippen molar-refractivity contribution in [1.29, 1.82) is 0 Å². The highest BCUT2D eigenvalue weighted by atomic mass is 35.5. The van der Waals surface area contributed by atoms with Crippen LogP contribution in [0.3, 0.4) is 0 Å². The van der Waals surface area contributed by atoms with Gasteiger partial charge in [0, 0.05) is 6.54 Å². The monoisotopic (exact) mass is 311 g/mol. The van der Waals surface area contributed by atoms with E-state index < -0.39 is 0 Å². The summed E-state index contributed by atoms with van der Waals surface area (Å²) < 4.78 is 7.54. The molecule has 1 aromatic rings. The fraction of sp³-hybridized carbons (Fsp3) is 0.733. The minimum atomic E-state index is 0.123. The highest BCUT2D eigenvalue weighted by Gasteiger charge is 2.36. The molecule has 2 atom stereocenters. The average molecular weight is 312 g/mol. The van der Waals surface area contributed by atoms with E-state index in [0.29, 0.717) is 18.2 Å². The van der Waals surface area contributed by atoms with Crippen molar-refractivity contribution in [2.24, 2.45) is 0 Å². The molecule has 116 valence electrons. The minimum Gasteiger partial charge on any atom is -0.374 e. The van der Waals surface area contributed by atoms with Crippen LogP contribution in [0.1, 0.15) is 37.1 Å². The first kappa shape index (κ1) is 14.9. The van der Waals surface area contributed by atoms with Gasteiger partial charge in [0.05, 0.1) is 35.2 Å². The fourth-order valence-corrected chi connectivity index (χ4v) is 3.59. The van der Waals surface area contributed by atoms with E-state index in [1.54, 1.807) is 4.68 Å².